The third-order valence-corrected chi connectivity index (χ3v) is 9.96. The molecule has 1 saturated carbocycles. The standard InChI is InChI=1S/C27H28N4O8/c1-38-25(33)23-16-12-22-27-26(17-4-2-3-5-19(17)28-27,8-9-29(22)13-14(16)6-7-21(23)32)18-10-15(30(34)35)11-20(31(36)37)24(18)39-27/h2-5,10-11,14,16,21-23,28,32H,6-9,12-13H2,1H3/t14-,16-,21-,22-,23+,26+,27-/m0/s1. The highest BCUT2D eigenvalue weighted by Crippen LogP contribution is 2.67. The molecule has 204 valence electrons. The van der Waals surface area contributed by atoms with Gasteiger partial charge in [-0.05, 0) is 49.1 Å². The molecule has 0 bridgehead atoms. The number of nitrogens with one attached hydrogen (secondary N) is 1. The molecule has 5 aliphatic rings. The summed E-state index contributed by atoms with van der Waals surface area (Å²) in [6, 6.07) is 9.72. The van der Waals surface area contributed by atoms with E-state index >= 15 is 0 Å². The van der Waals surface area contributed by atoms with E-state index in [1.807, 2.05) is 24.3 Å². The predicted octanol–water partition coefficient (Wildman–Crippen LogP) is 2.96. The Morgan fingerprint density at radius 2 is 1.97 bits per heavy atom. The van der Waals surface area contributed by atoms with Crippen LogP contribution in [-0.2, 0) is 14.9 Å². The van der Waals surface area contributed by atoms with Gasteiger partial charge in [-0.25, -0.2) is 0 Å². The molecular formula is C27H28N4O8. The molecule has 12 heteroatoms. The third kappa shape index (κ3) is 2.98. The largest absolute Gasteiger partial charge is 0.469 e. The fraction of sp³-hybridized carbons (Fsp3) is 0.519. The Morgan fingerprint density at radius 3 is 2.72 bits per heavy atom. The van der Waals surface area contributed by atoms with Crippen molar-refractivity contribution in [2.75, 3.05) is 25.5 Å². The van der Waals surface area contributed by atoms with Crippen molar-refractivity contribution in [3.8, 4) is 5.75 Å². The Morgan fingerprint density at radius 1 is 1.18 bits per heavy atom. The van der Waals surface area contributed by atoms with Crippen molar-refractivity contribution < 1.29 is 29.2 Å². The molecule has 0 amide bonds. The second-order valence-corrected chi connectivity index (χ2v) is 11.4. The van der Waals surface area contributed by atoms with Crippen LogP contribution < -0.4 is 10.1 Å². The normalized spacial score (nSPS) is 35.6. The van der Waals surface area contributed by atoms with Crippen LogP contribution in [0.1, 0.15) is 36.8 Å². The van der Waals surface area contributed by atoms with Crippen molar-refractivity contribution in [2.24, 2.45) is 17.8 Å². The van der Waals surface area contributed by atoms with Crippen LogP contribution in [-0.4, -0.2) is 63.9 Å². The average molecular weight is 537 g/mol. The predicted molar refractivity (Wildman–Crippen MR) is 136 cm³/mol. The molecule has 2 aromatic rings. The smallest absolute Gasteiger partial charge is 0.318 e. The summed E-state index contributed by atoms with van der Waals surface area (Å²) in [4.78, 5) is 38.0. The SMILES string of the molecule is COC(=O)[C@@H]1[C@H]2C[C@@H]3N(CC[C@]45c6ccccc6N[C@]34Oc3c([N+](=O)[O-])cc([N+](=O)[O-])cc35)C[C@@H]2CC[C@@H]1O. The topological polar surface area (TPSA) is 157 Å². The lowest BCUT2D eigenvalue weighted by Crippen LogP contribution is -2.73. The van der Waals surface area contributed by atoms with Gasteiger partial charge in [0.1, 0.15) is 0 Å². The summed E-state index contributed by atoms with van der Waals surface area (Å²) in [5.74, 6) is -1.05. The van der Waals surface area contributed by atoms with Gasteiger partial charge in [0.05, 0.1) is 46.5 Å². The number of carbonyl (C=O) groups excluding carboxylic acids is 1. The minimum absolute atomic E-state index is 0.0461. The lowest BCUT2D eigenvalue weighted by atomic mass is 9.58. The number of hydrogen-bond donors (Lipinski definition) is 2. The molecule has 3 fully saturated rings. The Labute approximate surface area is 223 Å². The van der Waals surface area contributed by atoms with Crippen LogP contribution in [0, 0.1) is 38.0 Å². The van der Waals surface area contributed by atoms with Crippen molar-refractivity contribution in [2.45, 2.75) is 49.0 Å². The Kier molecular flexibility index (Phi) is 5.06. The number of ether oxygens (including phenoxy) is 2. The summed E-state index contributed by atoms with van der Waals surface area (Å²) in [6.07, 6.45) is 1.53. The van der Waals surface area contributed by atoms with Crippen molar-refractivity contribution in [3.05, 3.63) is 67.8 Å². The number of nitro groups is 2. The van der Waals surface area contributed by atoms with Gasteiger partial charge in [-0.2, -0.15) is 0 Å². The fourth-order valence-electron chi connectivity index (χ4n) is 8.45. The van der Waals surface area contributed by atoms with E-state index in [1.54, 1.807) is 0 Å². The van der Waals surface area contributed by atoms with Crippen LogP contribution in [0.25, 0.3) is 0 Å². The minimum atomic E-state index is -1.19. The molecule has 2 N–H and O–H groups in total. The number of aliphatic hydroxyl groups is 1. The maximum Gasteiger partial charge on any atom is 0.318 e. The van der Waals surface area contributed by atoms with E-state index in [9.17, 15) is 30.1 Å². The highest BCUT2D eigenvalue weighted by Gasteiger charge is 2.74. The van der Waals surface area contributed by atoms with E-state index in [1.165, 1.54) is 13.2 Å². The Hall–Kier alpha value is -3.77. The summed E-state index contributed by atoms with van der Waals surface area (Å²) in [7, 11) is 1.33. The molecule has 1 aliphatic carbocycles. The molecule has 4 aliphatic heterocycles. The second kappa shape index (κ2) is 8.12. The summed E-state index contributed by atoms with van der Waals surface area (Å²) >= 11 is 0. The van der Waals surface area contributed by atoms with Crippen molar-refractivity contribution in [1.29, 1.82) is 0 Å². The number of carbonyl (C=O) groups is 1. The number of benzene rings is 2. The van der Waals surface area contributed by atoms with Crippen molar-refractivity contribution in [3.63, 3.8) is 0 Å². The molecule has 39 heavy (non-hydrogen) atoms. The third-order valence-electron chi connectivity index (χ3n) is 9.96. The molecule has 7 atom stereocenters. The first-order valence-electron chi connectivity index (χ1n) is 13.3. The average Bonchev–Trinajstić information content (AvgIpc) is 3.38. The van der Waals surface area contributed by atoms with E-state index in [4.69, 9.17) is 9.47 Å². The van der Waals surface area contributed by atoms with Gasteiger partial charge in [-0.15, -0.1) is 0 Å². The van der Waals surface area contributed by atoms with E-state index in [-0.39, 0.29) is 29.3 Å². The van der Waals surface area contributed by atoms with Crippen LogP contribution in [0.5, 0.6) is 5.75 Å². The second-order valence-electron chi connectivity index (χ2n) is 11.4. The van der Waals surface area contributed by atoms with Crippen LogP contribution in [0.4, 0.5) is 17.1 Å². The number of nitrogens with zero attached hydrogens (tertiary/aromatic N) is 3. The zero-order valence-corrected chi connectivity index (χ0v) is 21.2. The molecule has 2 aromatic carbocycles. The van der Waals surface area contributed by atoms with Gasteiger partial charge >= 0.3 is 11.7 Å². The van der Waals surface area contributed by atoms with Crippen LogP contribution in [0.3, 0.4) is 0 Å². The zero-order chi connectivity index (χ0) is 27.3. The Bertz CT molecular complexity index is 1430. The molecule has 7 rings (SSSR count). The molecule has 4 heterocycles. The van der Waals surface area contributed by atoms with E-state index in [2.05, 4.69) is 10.2 Å². The number of hydrogen-bond acceptors (Lipinski definition) is 10. The van der Waals surface area contributed by atoms with E-state index < -0.39 is 44.7 Å². The van der Waals surface area contributed by atoms with Gasteiger partial charge in [0, 0.05) is 30.4 Å². The van der Waals surface area contributed by atoms with Gasteiger partial charge in [0.2, 0.25) is 11.5 Å². The first-order valence-corrected chi connectivity index (χ1v) is 13.3. The molecule has 0 spiro atoms. The van der Waals surface area contributed by atoms with Crippen molar-refractivity contribution >= 4 is 23.0 Å². The lowest BCUT2D eigenvalue weighted by Gasteiger charge is -2.59. The molecule has 12 nitrogen and oxygen atoms in total. The number of esters is 1. The summed E-state index contributed by atoms with van der Waals surface area (Å²) < 4.78 is 11.8. The monoisotopic (exact) mass is 536 g/mol. The lowest BCUT2D eigenvalue weighted by molar-refractivity contribution is -0.394. The van der Waals surface area contributed by atoms with Crippen LogP contribution in [0.2, 0.25) is 0 Å². The first kappa shape index (κ1) is 24.3. The number of anilines is 1. The van der Waals surface area contributed by atoms with Gasteiger partial charge in [-0.3, -0.25) is 29.9 Å². The molecular weight excluding hydrogens is 508 g/mol. The first-order chi connectivity index (χ1) is 18.7. The number of non-ortho nitro benzene ring substituents is 1. The summed E-state index contributed by atoms with van der Waals surface area (Å²) in [5, 5.41) is 38.5. The van der Waals surface area contributed by atoms with Gasteiger partial charge in [0.25, 0.3) is 5.69 Å². The number of methoxy groups -OCH3 is 1. The Balaban J connectivity index is 1.42. The maximum atomic E-state index is 12.8. The number of fused-ring (bicyclic) bond motifs is 4. The fourth-order valence-corrected chi connectivity index (χ4v) is 8.45. The number of aliphatic hydroxyl groups excluding tert-OH is 1. The zero-order valence-electron chi connectivity index (χ0n) is 21.2. The molecule has 0 radical (unpaired) electrons. The number of piperidine rings is 2. The van der Waals surface area contributed by atoms with Gasteiger partial charge < -0.3 is 19.9 Å². The molecule has 2 saturated heterocycles. The van der Waals surface area contributed by atoms with E-state index in [0.29, 0.717) is 37.9 Å². The quantitative estimate of drug-likeness (QED) is 0.339. The van der Waals surface area contributed by atoms with Crippen molar-refractivity contribution in [1.82, 2.24) is 4.90 Å². The number of rotatable bonds is 3. The molecule has 0 aromatic heterocycles. The summed E-state index contributed by atoms with van der Waals surface area (Å²) in [5.41, 5.74) is -0.762. The van der Waals surface area contributed by atoms with E-state index in [0.717, 1.165) is 23.7 Å². The number of nitro benzene ring substituents is 2. The summed E-state index contributed by atoms with van der Waals surface area (Å²) in [6.45, 7) is 1.34. The number of para-hydroxylation sites is 1. The molecule has 0 unspecified atom stereocenters. The van der Waals surface area contributed by atoms with Gasteiger partial charge in [-0.1, -0.05) is 18.2 Å². The van der Waals surface area contributed by atoms with Crippen LogP contribution >= 0.6 is 0 Å². The minimum Gasteiger partial charge on any atom is -0.469 e. The maximum absolute atomic E-state index is 12.8. The highest BCUT2D eigenvalue weighted by molar-refractivity contribution is 5.77. The van der Waals surface area contributed by atoms with Gasteiger partial charge in [0.15, 0.2) is 0 Å². The highest BCUT2D eigenvalue weighted by atomic mass is 16.6. The van der Waals surface area contributed by atoms with Crippen LogP contribution in [0.15, 0.2) is 36.4 Å².